The summed E-state index contributed by atoms with van der Waals surface area (Å²) in [4.78, 5) is 8.68. The summed E-state index contributed by atoms with van der Waals surface area (Å²) in [5.74, 6) is 1.28. The summed E-state index contributed by atoms with van der Waals surface area (Å²) in [5.41, 5.74) is 7.10. The number of hydrogen-bond donors (Lipinski definition) is 2. The number of ether oxygens (including phenoxy) is 1. The van der Waals surface area contributed by atoms with Crippen LogP contribution in [-0.4, -0.2) is 35.3 Å². The van der Waals surface area contributed by atoms with Gasteiger partial charge in [0, 0.05) is 32.1 Å². The molecule has 2 rings (SSSR count). The minimum absolute atomic E-state index is 0.123. The van der Waals surface area contributed by atoms with Crippen LogP contribution in [0.25, 0.3) is 0 Å². The van der Waals surface area contributed by atoms with Gasteiger partial charge in [-0.15, -0.1) is 0 Å². The van der Waals surface area contributed by atoms with Crippen LogP contribution in [0.4, 0.5) is 0 Å². The molecule has 0 amide bonds. The monoisotopic (exact) mass is 301 g/mol. The van der Waals surface area contributed by atoms with Gasteiger partial charge in [0.15, 0.2) is 5.96 Å². The number of imidazole rings is 1. The van der Waals surface area contributed by atoms with Gasteiger partial charge in [-0.05, 0) is 12.5 Å². The molecular weight excluding hydrogens is 278 g/mol. The molecule has 0 aliphatic carbocycles. The number of aliphatic imine (C=N–C) groups is 1. The van der Waals surface area contributed by atoms with Crippen molar-refractivity contribution in [3.63, 3.8) is 0 Å². The van der Waals surface area contributed by atoms with Crippen LogP contribution in [0.5, 0.6) is 0 Å². The van der Waals surface area contributed by atoms with Crippen molar-refractivity contribution in [2.45, 2.75) is 26.1 Å². The molecule has 0 fully saturated rings. The van der Waals surface area contributed by atoms with Gasteiger partial charge in [-0.2, -0.15) is 0 Å². The number of benzene rings is 1. The topological polar surface area (TPSA) is 77.5 Å². The van der Waals surface area contributed by atoms with Gasteiger partial charge < -0.3 is 20.4 Å². The average Bonchev–Trinajstić information content (AvgIpc) is 2.93. The zero-order valence-electron chi connectivity index (χ0n) is 13.1. The molecule has 0 aliphatic rings. The normalized spacial score (nSPS) is 13.1. The molecule has 22 heavy (non-hydrogen) atoms. The molecule has 6 nitrogen and oxygen atoms in total. The van der Waals surface area contributed by atoms with Gasteiger partial charge in [0.05, 0.1) is 6.61 Å². The Kier molecular flexibility index (Phi) is 5.97. The Morgan fingerprint density at radius 1 is 1.41 bits per heavy atom. The number of hydrogen-bond acceptors (Lipinski definition) is 3. The van der Waals surface area contributed by atoms with Gasteiger partial charge in [0.1, 0.15) is 12.4 Å². The maximum atomic E-state index is 5.87. The van der Waals surface area contributed by atoms with Crippen LogP contribution in [0, 0.1) is 0 Å². The second kappa shape index (κ2) is 8.19. The van der Waals surface area contributed by atoms with Gasteiger partial charge in [0.25, 0.3) is 0 Å². The van der Waals surface area contributed by atoms with Crippen LogP contribution in [0.3, 0.4) is 0 Å². The van der Waals surface area contributed by atoms with E-state index >= 15 is 0 Å². The van der Waals surface area contributed by atoms with E-state index in [0.717, 1.165) is 12.4 Å². The molecule has 1 unspecified atom stereocenters. The molecule has 0 saturated carbocycles. The van der Waals surface area contributed by atoms with Crippen LogP contribution in [0.15, 0.2) is 47.7 Å². The van der Waals surface area contributed by atoms with Crippen molar-refractivity contribution in [2.24, 2.45) is 10.7 Å². The number of nitrogens with two attached hydrogens (primary N) is 1. The summed E-state index contributed by atoms with van der Waals surface area (Å²) in [6, 6.07) is 10.4. The van der Waals surface area contributed by atoms with E-state index in [2.05, 4.69) is 32.0 Å². The zero-order chi connectivity index (χ0) is 15.8. The molecule has 1 heterocycles. The van der Waals surface area contributed by atoms with Crippen molar-refractivity contribution in [3.05, 3.63) is 54.1 Å². The molecule has 0 saturated heterocycles. The number of guanidine groups is 1. The van der Waals surface area contributed by atoms with Gasteiger partial charge in [-0.3, -0.25) is 0 Å². The number of aromatic nitrogens is 2. The van der Waals surface area contributed by atoms with Gasteiger partial charge in [0.2, 0.25) is 0 Å². The first-order chi connectivity index (χ1) is 10.7. The lowest BCUT2D eigenvalue weighted by Crippen LogP contribution is -2.40. The summed E-state index contributed by atoms with van der Waals surface area (Å²) < 4.78 is 7.12. The SMILES string of the molecule is COCC(C)NC(N)=NCc1nccn1Cc1ccccc1. The van der Waals surface area contributed by atoms with Crippen LogP contribution in [0.1, 0.15) is 18.3 Å². The van der Waals surface area contributed by atoms with Crippen LogP contribution in [-0.2, 0) is 17.8 Å². The second-order valence-electron chi connectivity index (χ2n) is 5.16. The van der Waals surface area contributed by atoms with E-state index in [1.54, 1.807) is 13.3 Å². The molecule has 0 aliphatic heterocycles. The number of methoxy groups -OCH3 is 1. The number of nitrogens with one attached hydrogen (secondary N) is 1. The Labute approximate surface area is 131 Å². The second-order valence-corrected chi connectivity index (χ2v) is 5.16. The molecule has 1 atom stereocenters. The van der Waals surface area contributed by atoms with Crippen LogP contribution < -0.4 is 11.1 Å². The third-order valence-electron chi connectivity index (χ3n) is 3.20. The van der Waals surface area contributed by atoms with Crippen molar-refractivity contribution in [2.75, 3.05) is 13.7 Å². The lowest BCUT2D eigenvalue weighted by Gasteiger charge is -2.13. The summed E-state index contributed by atoms with van der Waals surface area (Å²) in [6.07, 6.45) is 3.74. The van der Waals surface area contributed by atoms with Crippen molar-refractivity contribution >= 4 is 5.96 Å². The third kappa shape index (κ3) is 4.89. The maximum Gasteiger partial charge on any atom is 0.189 e. The standard InChI is InChI=1S/C16H23N5O/c1-13(12-22-2)20-16(17)19-10-15-18-8-9-21(15)11-14-6-4-3-5-7-14/h3-9,13H,10-12H2,1-2H3,(H3,17,19,20). The van der Waals surface area contributed by atoms with Crippen molar-refractivity contribution in [3.8, 4) is 0 Å². The molecule has 0 spiro atoms. The Hall–Kier alpha value is -2.34. The van der Waals surface area contributed by atoms with Crippen molar-refractivity contribution in [1.29, 1.82) is 0 Å². The van der Waals surface area contributed by atoms with Crippen LogP contribution >= 0.6 is 0 Å². The Morgan fingerprint density at radius 2 is 2.18 bits per heavy atom. The fourth-order valence-electron chi connectivity index (χ4n) is 2.16. The lowest BCUT2D eigenvalue weighted by molar-refractivity contribution is 0.179. The molecule has 118 valence electrons. The largest absolute Gasteiger partial charge is 0.383 e. The van der Waals surface area contributed by atoms with E-state index in [0.29, 0.717) is 19.1 Å². The molecule has 2 aromatic rings. The Balaban J connectivity index is 1.95. The van der Waals surface area contributed by atoms with E-state index in [9.17, 15) is 0 Å². The van der Waals surface area contributed by atoms with E-state index < -0.39 is 0 Å². The Bertz CT molecular complexity index is 594. The molecule has 6 heteroatoms. The first kappa shape index (κ1) is 16.0. The summed E-state index contributed by atoms with van der Waals surface area (Å²) in [5, 5.41) is 3.08. The van der Waals surface area contributed by atoms with Gasteiger partial charge in [-0.1, -0.05) is 30.3 Å². The first-order valence-electron chi connectivity index (χ1n) is 7.28. The highest BCUT2D eigenvalue weighted by molar-refractivity contribution is 5.78. The van der Waals surface area contributed by atoms with Crippen molar-refractivity contribution < 1.29 is 4.74 Å². The fourth-order valence-corrected chi connectivity index (χ4v) is 2.16. The minimum atomic E-state index is 0.123. The maximum absolute atomic E-state index is 5.87. The highest BCUT2D eigenvalue weighted by Crippen LogP contribution is 2.06. The van der Waals surface area contributed by atoms with E-state index in [1.807, 2.05) is 31.3 Å². The van der Waals surface area contributed by atoms with Crippen molar-refractivity contribution in [1.82, 2.24) is 14.9 Å². The summed E-state index contributed by atoms with van der Waals surface area (Å²) >= 11 is 0. The predicted octanol–water partition coefficient (Wildman–Crippen LogP) is 1.37. The quantitative estimate of drug-likeness (QED) is 0.598. The van der Waals surface area contributed by atoms with Crippen LogP contribution in [0.2, 0.25) is 0 Å². The van der Waals surface area contributed by atoms with E-state index in [-0.39, 0.29) is 6.04 Å². The lowest BCUT2D eigenvalue weighted by atomic mass is 10.2. The summed E-state index contributed by atoms with van der Waals surface area (Å²) in [7, 11) is 1.66. The van der Waals surface area contributed by atoms with Gasteiger partial charge >= 0.3 is 0 Å². The third-order valence-corrected chi connectivity index (χ3v) is 3.20. The minimum Gasteiger partial charge on any atom is -0.383 e. The predicted molar refractivity (Wildman–Crippen MR) is 87.6 cm³/mol. The molecule has 1 aromatic heterocycles. The first-order valence-corrected chi connectivity index (χ1v) is 7.28. The van der Waals surface area contributed by atoms with E-state index in [1.165, 1.54) is 5.56 Å². The molecular formula is C16H23N5O. The Morgan fingerprint density at radius 3 is 2.91 bits per heavy atom. The smallest absolute Gasteiger partial charge is 0.189 e. The average molecular weight is 301 g/mol. The molecule has 1 aromatic carbocycles. The molecule has 0 radical (unpaired) electrons. The zero-order valence-corrected chi connectivity index (χ0v) is 13.1. The van der Waals surface area contributed by atoms with E-state index in [4.69, 9.17) is 10.5 Å². The molecule has 3 N–H and O–H groups in total. The molecule has 0 bridgehead atoms. The van der Waals surface area contributed by atoms with Gasteiger partial charge in [-0.25, -0.2) is 9.98 Å². The highest BCUT2D eigenvalue weighted by atomic mass is 16.5. The highest BCUT2D eigenvalue weighted by Gasteiger charge is 2.05. The number of rotatable bonds is 7. The summed E-state index contributed by atoms with van der Waals surface area (Å²) in [6.45, 7) is 3.79. The number of nitrogens with zero attached hydrogens (tertiary/aromatic N) is 3. The fraction of sp³-hybridized carbons (Fsp3) is 0.375.